The summed E-state index contributed by atoms with van der Waals surface area (Å²) in [5, 5.41) is 4.84. The third-order valence-corrected chi connectivity index (χ3v) is 3.76. The normalized spacial score (nSPS) is 11.6. The van der Waals surface area contributed by atoms with E-state index in [-0.39, 0.29) is 12.3 Å². The summed E-state index contributed by atoms with van der Waals surface area (Å²) in [6, 6.07) is 10.9. The van der Waals surface area contributed by atoms with Gasteiger partial charge in [0.15, 0.2) is 11.5 Å². The standard InChI is InChI=1S/C19H18FN3O3/c1-3-26-17(24)11-16(20)18-15-5-4-10-21-19(15)23(22-18)12-13-6-8-14(25-2)9-7-13/h4-11H,3,12H2,1-2H3/b16-11-. The van der Waals surface area contributed by atoms with E-state index >= 15 is 0 Å². The van der Waals surface area contributed by atoms with Crippen LogP contribution in [0.2, 0.25) is 0 Å². The van der Waals surface area contributed by atoms with Gasteiger partial charge in [0, 0.05) is 11.6 Å². The Balaban J connectivity index is 1.97. The van der Waals surface area contributed by atoms with Crippen molar-refractivity contribution in [3.63, 3.8) is 0 Å². The van der Waals surface area contributed by atoms with Crippen molar-refractivity contribution in [1.82, 2.24) is 14.8 Å². The number of rotatable bonds is 6. The highest BCUT2D eigenvalue weighted by Gasteiger charge is 2.16. The van der Waals surface area contributed by atoms with E-state index in [1.165, 1.54) is 0 Å². The van der Waals surface area contributed by atoms with Gasteiger partial charge in [-0.15, -0.1) is 0 Å². The van der Waals surface area contributed by atoms with Crippen molar-refractivity contribution in [2.24, 2.45) is 0 Å². The van der Waals surface area contributed by atoms with E-state index in [4.69, 9.17) is 9.47 Å². The zero-order valence-corrected chi connectivity index (χ0v) is 14.5. The molecular weight excluding hydrogens is 337 g/mol. The maximum atomic E-state index is 14.5. The predicted molar refractivity (Wildman–Crippen MR) is 95.3 cm³/mol. The molecule has 0 fully saturated rings. The number of hydrogen-bond acceptors (Lipinski definition) is 5. The summed E-state index contributed by atoms with van der Waals surface area (Å²) in [4.78, 5) is 15.8. The second kappa shape index (κ2) is 7.77. The zero-order chi connectivity index (χ0) is 18.5. The number of nitrogens with zero attached hydrogens (tertiary/aromatic N) is 3. The highest BCUT2D eigenvalue weighted by Crippen LogP contribution is 2.25. The fourth-order valence-corrected chi connectivity index (χ4v) is 2.56. The second-order valence-corrected chi connectivity index (χ2v) is 5.47. The van der Waals surface area contributed by atoms with Crippen LogP contribution in [0.25, 0.3) is 16.9 Å². The number of carbonyl (C=O) groups is 1. The number of ether oxygens (including phenoxy) is 2. The highest BCUT2D eigenvalue weighted by atomic mass is 19.1. The van der Waals surface area contributed by atoms with E-state index in [0.717, 1.165) is 17.4 Å². The molecule has 1 aromatic carbocycles. The summed E-state index contributed by atoms with van der Waals surface area (Å²) in [7, 11) is 1.60. The first kappa shape index (κ1) is 17.6. The Morgan fingerprint density at radius 3 is 2.73 bits per heavy atom. The molecule has 26 heavy (non-hydrogen) atoms. The molecule has 0 bridgehead atoms. The number of methoxy groups -OCH3 is 1. The van der Waals surface area contributed by atoms with Gasteiger partial charge >= 0.3 is 5.97 Å². The van der Waals surface area contributed by atoms with E-state index < -0.39 is 11.8 Å². The first-order valence-electron chi connectivity index (χ1n) is 8.11. The predicted octanol–water partition coefficient (Wildman–Crippen LogP) is 3.36. The fraction of sp³-hybridized carbons (Fsp3) is 0.211. The maximum Gasteiger partial charge on any atom is 0.333 e. The molecule has 0 aliphatic carbocycles. The molecule has 134 valence electrons. The van der Waals surface area contributed by atoms with Crippen molar-refractivity contribution in [3.05, 3.63) is 59.9 Å². The molecule has 2 heterocycles. The van der Waals surface area contributed by atoms with Crippen LogP contribution in [0, 0.1) is 0 Å². The number of halogens is 1. The van der Waals surface area contributed by atoms with Gasteiger partial charge in [0.05, 0.1) is 26.3 Å². The Morgan fingerprint density at radius 1 is 1.27 bits per heavy atom. The van der Waals surface area contributed by atoms with Crippen molar-refractivity contribution in [2.75, 3.05) is 13.7 Å². The van der Waals surface area contributed by atoms with Crippen LogP contribution in [0.15, 0.2) is 48.7 Å². The quantitative estimate of drug-likeness (QED) is 0.501. The van der Waals surface area contributed by atoms with E-state index in [0.29, 0.717) is 17.6 Å². The van der Waals surface area contributed by atoms with Crippen LogP contribution in [0.3, 0.4) is 0 Å². The summed E-state index contributed by atoms with van der Waals surface area (Å²) in [6.45, 7) is 2.24. The molecule has 0 spiro atoms. The van der Waals surface area contributed by atoms with Crippen molar-refractivity contribution < 1.29 is 18.7 Å². The van der Waals surface area contributed by atoms with E-state index in [1.54, 1.807) is 37.0 Å². The number of aromatic nitrogens is 3. The molecule has 0 aliphatic heterocycles. The highest BCUT2D eigenvalue weighted by molar-refractivity contribution is 5.94. The Kier molecular flexibility index (Phi) is 5.26. The smallest absolute Gasteiger partial charge is 0.333 e. The van der Waals surface area contributed by atoms with Crippen LogP contribution in [-0.4, -0.2) is 34.5 Å². The van der Waals surface area contributed by atoms with Crippen molar-refractivity contribution in [3.8, 4) is 5.75 Å². The summed E-state index contributed by atoms with van der Waals surface area (Å²) in [6.07, 6.45) is 2.42. The van der Waals surface area contributed by atoms with Crippen LogP contribution in [0.5, 0.6) is 5.75 Å². The Hall–Kier alpha value is -3.22. The number of pyridine rings is 1. The molecule has 0 atom stereocenters. The van der Waals surface area contributed by atoms with Crippen molar-refractivity contribution >= 4 is 22.8 Å². The van der Waals surface area contributed by atoms with Gasteiger partial charge in [-0.25, -0.2) is 18.9 Å². The lowest BCUT2D eigenvalue weighted by Gasteiger charge is -2.04. The van der Waals surface area contributed by atoms with Gasteiger partial charge < -0.3 is 9.47 Å². The van der Waals surface area contributed by atoms with Gasteiger partial charge in [0.2, 0.25) is 0 Å². The van der Waals surface area contributed by atoms with Gasteiger partial charge in [-0.1, -0.05) is 12.1 Å². The summed E-state index contributed by atoms with van der Waals surface area (Å²) >= 11 is 0. The molecule has 7 heteroatoms. The SMILES string of the molecule is CCOC(=O)/C=C(\F)c1nn(Cc2ccc(OC)cc2)c2ncccc12. The van der Waals surface area contributed by atoms with Gasteiger partial charge in [-0.2, -0.15) is 5.10 Å². The Labute approximate surface area is 149 Å². The fourth-order valence-electron chi connectivity index (χ4n) is 2.56. The summed E-state index contributed by atoms with van der Waals surface area (Å²) < 4.78 is 26.0. The largest absolute Gasteiger partial charge is 0.497 e. The third kappa shape index (κ3) is 3.72. The molecule has 0 saturated heterocycles. The molecule has 6 nitrogen and oxygen atoms in total. The van der Waals surface area contributed by atoms with Crippen molar-refractivity contribution in [1.29, 1.82) is 0 Å². The molecule has 0 aliphatic rings. The lowest BCUT2D eigenvalue weighted by Crippen LogP contribution is -2.03. The molecule has 0 radical (unpaired) electrons. The zero-order valence-electron chi connectivity index (χ0n) is 14.5. The third-order valence-electron chi connectivity index (χ3n) is 3.76. The van der Waals surface area contributed by atoms with Crippen LogP contribution < -0.4 is 4.74 Å². The first-order valence-corrected chi connectivity index (χ1v) is 8.11. The topological polar surface area (TPSA) is 66.2 Å². The average Bonchev–Trinajstić information content (AvgIpc) is 3.01. The molecule has 0 saturated carbocycles. The van der Waals surface area contributed by atoms with Crippen molar-refractivity contribution in [2.45, 2.75) is 13.5 Å². The number of benzene rings is 1. The van der Waals surface area contributed by atoms with E-state index in [1.807, 2.05) is 24.3 Å². The molecule has 0 amide bonds. The number of hydrogen-bond donors (Lipinski definition) is 0. The Bertz CT molecular complexity index is 948. The van der Waals surface area contributed by atoms with Crippen LogP contribution in [-0.2, 0) is 16.1 Å². The van der Waals surface area contributed by atoms with E-state index in [2.05, 4.69) is 10.1 Å². The minimum Gasteiger partial charge on any atom is -0.497 e. The minimum atomic E-state index is -0.755. The second-order valence-electron chi connectivity index (χ2n) is 5.47. The minimum absolute atomic E-state index is 0.0645. The maximum absolute atomic E-state index is 14.5. The van der Waals surface area contributed by atoms with E-state index in [9.17, 15) is 9.18 Å². The number of esters is 1. The average molecular weight is 355 g/mol. The number of fused-ring (bicyclic) bond motifs is 1. The molecule has 3 aromatic rings. The molecule has 0 unspecified atom stereocenters. The Morgan fingerprint density at radius 2 is 2.04 bits per heavy atom. The van der Waals surface area contributed by atoms with Crippen LogP contribution in [0.4, 0.5) is 4.39 Å². The lowest BCUT2D eigenvalue weighted by molar-refractivity contribution is -0.137. The molecule has 2 aromatic heterocycles. The molecular formula is C19H18FN3O3. The van der Waals surface area contributed by atoms with Gasteiger partial charge in [-0.05, 0) is 36.8 Å². The molecule has 3 rings (SSSR count). The number of carbonyl (C=O) groups excluding carboxylic acids is 1. The summed E-state index contributed by atoms with van der Waals surface area (Å²) in [5.41, 5.74) is 1.56. The molecule has 0 N–H and O–H groups in total. The monoisotopic (exact) mass is 355 g/mol. The van der Waals surface area contributed by atoms with Gasteiger partial charge in [-0.3, -0.25) is 0 Å². The van der Waals surface area contributed by atoms with Gasteiger partial charge in [0.25, 0.3) is 0 Å². The van der Waals surface area contributed by atoms with Gasteiger partial charge in [0.1, 0.15) is 11.4 Å². The van der Waals surface area contributed by atoms with Crippen LogP contribution >= 0.6 is 0 Å². The summed E-state index contributed by atoms with van der Waals surface area (Å²) in [5.74, 6) is -0.747. The lowest BCUT2D eigenvalue weighted by atomic mass is 10.2. The first-order chi connectivity index (χ1) is 12.6. The van der Waals surface area contributed by atoms with Crippen LogP contribution in [0.1, 0.15) is 18.2 Å².